The van der Waals surface area contributed by atoms with E-state index in [9.17, 15) is 12.8 Å². The van der Waals surface area contributed by atoms with Gasteiger partial charge in [-0.2, -0.15) is 9.57 Å². The normalized spacial score (nSPS) is 11.3. The van der Waals surface area contributed by atoms with E-state index in [4.69, 9.17) is 10.00 Å². The van der Waals surface area contributed by atoms with E-state index < -0.39 is 15.8 Å². The van der Waals surface area contributed by atoms with Crippen LogP contribution in [0.5, 0.6) is 5.75 Å². The van der Waals surface area contributed by atoms with Crippen molar-refractivity contribution in [2.45, 2.75) is 11.4 Å². The summed E-state index contributed by atoms with van der Waals surface area (Å²) in [5.74, 6) is -0.444. The summed E-state index contributed by atoms with van der Waals surface area (Å²) in [6, 6.07) is 11.8. The summed E-state index contributed by atoms with van der Waals surface area (Å²) in [5.41, 5.74) is 0.881. The molecule has 5 nitrogen and oxygen atoms in total. The molecule has 2 rings (SSSR count). The molecule has 7 heteroatoms. The van der Waals surface area contributed by atoms with E-state index in [1.54, 1.807) is 6.07 Å². The molecule has 0 bridgehead atoms. The first kappa shape index (κ1) is 16.9. The second-order valence-electron chi connectivity index (χ2n) is 4.87. The van der Waals surface area contributed by atoms with Crippen molar-refractivity contribution in [3.05, 3.63) is 59.4 Å². The number of ether oxygens (including phenoxy) is 1. The fourth-order valence-electron chi connectivity index (χ4n) is 2.03. The quantitative estimate of drug-likeness (QED) is 0.842. The van der Waals surface area contributed by atoms with E-state index >= 15 is 0 Å². The maximum absolute atomic E-state index is 13.7. The molecule has 0 heterocycles. The van der Waals surface area contributed by atoms with E-state index in [1.807, 2.05) is 6.07 Å². The van der Waals surface area contributed by atoms with Crippen molar-refractivity contribution in [1.82, 2.24) is 4.31 Å². The number of nitriles is 1. The number of benzene rings is 2. The van der Waals surface area contributed by atoms with E-state index in [2.05, 4.69) is 0 Å². The van der Waals surface area contributed by atoms with Crippen molar-refractivity contribution >= 4 is 10.0 Å². The minimum atomic E-state index is -3.72. The van der Waals surface area contributed by atoms with Gasteiger partial charge < -0.3 is 4.74 Å². The number of nitrogens with zero attached hydrogens (tertiary/aromatic N) is 2. The molecule has 0 N–H and O–H groups in total. The van der Waals surface area contributed by atoms with E-state index in [-0.39, 0.29) is 17.2 Å². The van der Waals surface area contributed by atoms with Gasteiger partial charge in [0, 0.05) is 13.6 Å². The molecule has 2 aromatic carbocycles. The topological polar surface area (TPSA) is 70.4 Å². The van der Waals surface area contributed by atoms with Crippen LogP contribution in [0.25, 0.3) is 0 Å². The average molecular weight is 334 g/mol. The van der Waals surface area contributed by atoms with Gasteiger partial charge in [-0.15, -0.1) is 0 Å². The third-order valence-corrected chi connectivity index (χ3v) is 5.13. The summed E-state index contributed by atoms with van der Waals surface area (Å²) < 4.78 is 44.6. The maximum atomic E-state index is 13.7. The van der Waals surface area contributed by atoms with Gasteiger partial charge in [0.15, 0.2) is 11.6 Å². The van der Waals surface area contributed by atoms with Crippen LogP contribution in [0.2, 0.25) is 0 Å². The van der Waals surface area contributed by atoms with Crippen LogP contribution in [0, 0.1) is 17.1 Å². The van der Waals surface area contributed by atoms with Crippen LogP contribution in [0.4, 0.5) is 4.39 Å². The smallest absolute Gasteiger partial charge is 0.243 e. The molecule has 0 radical (unpaired) electrons. The second kappa shape index (κ2) is 6.77. The lowest BCUT2D eigenvalue weighted by molar-refractivity contribution is 0.385. The Balaban J connectivity index is 2.23. The highest BCUT2D eigenvalue weighted by Gasteiger charge is 2.21. The number of hydrogen-bond acceptors (Lipinski definition) is 4. The molecular formula is C16H15FN2O3S. The number of halogens is 1. The molecule has 0 saturated carbocycles. The van der Waals surface area contributed by atoms with E-state index in [1.165, 1.54) is 50.6 Å². The summed E-state index contributed by atoms with van der Waals surface area (Å²) in [6.07, 6.45) is 0. The summed E-state index contributed by atoms with van der Waals surface area (Å²) >= 11 is 0. The molecule has 0 saturated heterocycles. The molecule has 0 unspecified atom stereocenters. The predicted octanol–water partition coefficient (Wildman–Crippen LogP) is 2.53. The van der Waals surface area contributed by atoms with Crippen molar-refractivity contribution in [1.29, 1.82) is 5.26 Å². The van der Waals surface area contributed by atoms with Crippen LogP contribution in [0.1, 0.15) is 11.1 Å². The number of sulfonamides is 1. The number of methoxy groups -OCH3 is 1. The van der Waals surface area contributed by atoms with Gasteiger partial charge in [-0.3, -0.25) is 0 Å². The molecule has 0 aliphatic carbocycles. The monoisotopic (exact) mass is 334 g/mol. The Hall–Kier alpha value is -2.43. The Morgan fingerprint density at radius 3 is 2.39 bits per heavy atom. The zero-order valence-electron chi connectivity index (χ0n) is 12.7. The average Bonchev–Trinajstić information content (AvgIpc) is 2.55. The molecule has 0 aliphatic heterocycles. The zero-order chi connectivity index (χ0) is 17.0. The van der Waals surface area contributed by atoms with Gasteiger partial charge in [-0.25, -0.2) is 12.8 Å². The molecular weight excluding hydrogens is 319 g/mol. The molecule has 2 aromatic rings. The highest BCUT2D eigenvalue weighted by atomic mass is 32.2. The van der Waals surface area contributed by atoms with Gasteiger partial charge in [0.2, 0.25) is 10.0 Å². The summed E-state index contributed by atoms with van der Waals surface area (Å²) in [4.78, 5) is 0.0768. The Bertz CT molecular complexity index is 843. The van der Waals surface area contributed by atoms with Gasteiger partial charge in [0.25, 0.3) is 0 Å². The standard InChI is InChI=1S/C16H15FN2O3S/c1-19(11-13-5-8-16(22-2)15(17)9-13)23(20,21)14-6-3-12(10-18)4-7-14/h3-9H,11H2,1-2H3. The minimum Gasteiger partial charge on any atom is -0.494 e. The van der Waals surface area contributed by atoms with Gasteiger partial charge in [-0.05, 0) is 42.0 Å². The SMILES string of the molecule is COc1ccc(CN(C)S(=O)(=O)c2ccc(C#N)cc2)cc1F. The lowest BCUT2D eigenvalue weighted by Gasteiger charge is -2.17. The molecule has 0 atom stereocenters. The highest BCUT2D eigenvalue weighted by molar-refractivity contribution is 7.89. The molecule has 0 aromatic heterocycles. The molecule has 0 amide bonds. The van der Waals surface area contributed by atoms with Crippen molar-refractivity contribution in [2.75, 3.05) is 14.2 Å². The first-order chi connectivity index (χ1) is 10.9. The summed E-state index contributed by atoms with van der Waals surface area (Å²) in [5, 5.41) is 8.75. The summed E-state index contributed by atoms with van der Waals surface area (Å²) in [6.45, 7) is 0.0171. The van der Waals surface area contributed by atoms with Crippen LogP contribution in [-0.4, -0.2) is 26.9 Å². The van der Waals surface area contributed by atoms with Crippen LogP contribution < -0.4 is 4.74 Å². The maximum Gasteiger partial charge on any atom is 0.243 e. The number of rotatable bonds is 5. The van der Waals surface area contributed by atoms with Crippen LogP contribution >= 0.6 is 0 Å². The van der Waals surface area contributed by atoms with Crippen molar-refractivity contribution in [2.24, 2.45) is 0 Å². The van der Waals surface area contributed by atoms with Crippen LogP contribution in [0.3, 0.4) is 0 Å². The van der Waals surface area contributed by atoms with E-state index in [0.717, 1.165) is 4.31 Å². The molecule has 23 heavy (non-hydrogen) atoms. The zero-order valence-corrected chi connectivity index (χ0v) is 13.5. The van der Waals surface area contributed by atoms with Crippen molar-refractivity contribution < 1.29 is 17.5 Å². The summed E-state index contributed by atoms with van der Waals surface area (Å²) in [7, 11) is -0.947. The number of hydrogen-bond donors (Lipinski definition) is 0. The van der Waals surface area contributed by atoms with Gasteiger partial charge in [-0.1, -0.05) is 6.07 Å². The second-order valence-corrected chi connectivity index (χ2v) is 6.91. The van der Waals surface area contributed by atoms with Crippen LogP contribution in [0.15, 0.2) is 47.4 Å². The fraction of sp³-hybridized carbons (Fsp3) is 0.188. The van der Waals surface area contributed by atoms with Gasteiger partial charge in [0.05, 0.1) is 23.6 Å². The van der Waals surface area contributed by atoms with E-state index in [0.29, 0.717) is 11.1 Å². The Morgan fingerprint density at radius 1 is 1.22 bits per heavy atom. The Labute approximate surface area is 134 Å². The Kier molecular flexibility index (Phi) is 4.98. The largest absolute Gasteiger partial charge is 0.494 e. The lowest BCUT2D eigenvalue weighted by atomic mass is 10.2. The van der Waals surface area contributed by atoms with Crippen molar-refractivity contribution in [3.63, 3.8) is 0 Å². The lowest BCUT2D eigenvalue weighted by Crippen LogP contribution is -2.26. The third kappa shape index (κ3) is 3.67. The molecule has 0 spiro atoms. The molecule has 0 aliphatic rings. The first-order valence-electron chi connectivity index (χ1n) is 6.67. The van der Waals surface area contributed by atoms with Gasteiger partial charge >= 0.3 is 0 Å². The van der Waals surface area contributed by atoms with Gasteiger partial charge in [0.1, 0.15) is 0 Å². The predicted molar refractivity (Wildman–Crippen MR) is 82.8 cm³/mol. The Morgan fingerprint density at radius 2 is 1.87 bits per heavy atom. The molecule has 0 fully saturated rings. The first-order valence-corrected chi connectivity index (χ1v) is 8.11. The minimum absolute atomic E-state index is 0.0171. The van der Waals surface area contributed by atoms with Crippen LogP contribution in [-0.2, 0) is 16.6 Å². The third-order valence-electron chi connectivity index (χ3n) is 3.31. The van der Waals surface area contributed by atoms with Crippen molar-refractivity contribution in [3.8, 4) is 11.8 Å². The molecule has 120 valence electrons. The highest BCUT2D eigenvalue weighted by Crippen LogP contribution is 2.21. The fourth-order valence-corrected chi connectivity index (χ4v) is 3.19.